The molecular weight excluding hydrogens is 447 g/mol. The zero-order valence-electron chi connectivity index (χ0n) is 12.5. The van der Waals surface area contributed by atoms with Crippen molar-refractivity contribution in [3.8, 4) is 0 Å². The molecule has 9 heteroatoms. The molecule has 4 N–H and O–H groups in total. The van der Waals surface area contributed by atoms with Crippen molar-refractivity contribution in [3.63, 3.8) is 0 Å². The molecule has 0 amide bonds. The van der Waals surface area contributed by atoms with Crippen molar-refractivity contribution in [2.75, 3.05) is 7.05 Å². The summed E-state index contributed by atoms with van der Waals surface area (Å²) in [7, 11) is -1.94. The van der Waals surface area contributed by atoms with Gasteiger partial charge < -0.3 is 10.6 Å². The van der Waals surface area contributed by atoms with Gasteiger partial charge in [0, 0.05) is 20.1 Å². The molecule has 23 heavy (non-hydrogen) atoms. The molecule has 0 radical (unpaired) electrons. The van der Waals surface area contributed by atoms with Gasteiger partial charge in [-0.05, 0) is 40.1 Å². The summed E-state index contributed by atoms with van der Waals surface area (Å²) in [6, 6.07) is 8.48. The largest absolute Gasteiger partial charge is 0.352 e. The number of hydrogen-bond acceptors (Lipinski definition) is 4. The smallest absolute Gasteiger partial charge is 0.238 e. The van der Waals surface area contributed by atoms with Crippen LogP contribution in [0.25, 0.3) is 0 Å². The van der Waals surface area contributed by atoms with Crippen molar-refractivity contribution in [1.29, 1.82) is 0 Å². The second-order valence-electron chi connectivity index (χ2n) is 4.60. The van der Waals surface area contributed by atoms with Crippen molar-refractivity contribution < 1.29 is 8.42 Å². The fraction of sp³-hybridized carbons (Fsp3) is 0.214. The van der Waals surface area contributed by atoms with E-state index in [9.17, 15) is 8.42 Å². The Morgan fingerprint density at radius 3 is 2.22 bits per heavy atom. The minimum Gasteiger partial charge on any atom is -0.352 e. The number of aliphatic imine (C=N–C) groups is 1. The molecule has 0 bridgehead atoms. The van der Waals surface area contributed by atoms with Crippen LogP contribution in [-0.4, -0.2) is 21.4 Å². The lowest BCUT2D eigenvalue weighted by atomic mass is 10.2. The van der Waals surface area contributed by atoms with Gasteiger partial charge in [-0.15, -0.1) is 24.0 Å². The number of halogens is 1. The fourth-order valence-corrected chi connectivity index (χ4v) is 2.97. The van der Waals surface area contributed by atoms with Crippen molar-refractivity contribution in [2.45, 2.75) is 18.0 Å². The third-order valence-corrected chi connectivity index (χ3v) is 4.64. The molecule has 0 spiro atoms. The Morgan fingerprint density at radius 1 is 1.13 bits per heavy atom. The maximum Gasteiger partial charge on any atom is 0.238 e. The average molecular weight is 466 g/mol. The van der Waals surface area contributed by atoms with Crippen LogP contribution < -0.4 is 15.8 Å². The number of guanidine groups is 1. The minimum absolute atomic E-state index is 0. The Balaban J connectivity index is 0.00000264. The molecule has 0 fully saturated rings. The molecule has 0 saturated carbocycles. The fourth-order valence-electron chi connectivity index (χ4n) is 1.78. The van der Waals surface area contributed by atoms with E-state index in [1.165, 1.54) is 17.7 Å². The minimum atomic E-state index is -3.64. The summed E-state index contributed by atoms with van der Waals surface area (Å²) in [6.07, 6.45) is 0. The summed E-state index contributed by atoms with van der Waals surface area (Å²) in [4.78, 5) is 4.25. The van der Waals surface area contributed by atoms with E-state index >= 15 is 0 Å². The van der Waals surface area contributed by atoms with E-state index in [0.29, 0.717) is 19.0 Å². The van der Waals surface area contributed by atoms with Crippen LogP contribution in [0, 0.1) is 0 Å². The van der Waals surface area contributed by atoms with Gasteiger partial charge >= 0.3 is 0 Å². The van der Waals surface area contributed by atoms with E-state index in [1.54, 1.807) is 30.5 Å². The number of rotatable bonds is 5. The number of benzene rings is 1. The third kappa shape index (κ3) is 6.45. The second-order valence-corrected chi connectivity index (χ2v) is 6.94. The summed E-state index contributed by atoms with van der Waals surface area (Å²) in [5, 5.41) is 15.5. The molecule has 1 aromatic heterocycles. The highest BCUT2D eigenvalue weighted by Gasteiger charge is 2.06. The molecule has 1 aromatic carbocycles. The van der Waals surface area contributed by atoms with Crippen LogP contribution in [0.1, 0.15) is 11.1 Å². The van der Waals surface area contributed by atoms with E-state index in [-0.39, 0.29) is 28.9 Å². The highest BCUT2D eigenvalue weighted by atomic mass is 127. The predicted molar refractivity (Wildman–Crippen MR) is 105 cm³/mol. The van der Waals surface area contributed by atoms with Gasteiger partial charge in [-0.25, -0.2) is 13.6 Å². The molecule has 1 heterocycles. The van der Waals surface area contributed by atoms with Crippen LogP contribution in [0.5, 0.6) is 0 Å². The number of nitrogens with zero attached hydrogens (tertiary/aromatic N) is 1. The highest BCUT2D eigenvalue weighted by molar-refractivity contribution is 14.0. The van der Waals surface area contributed by atoms with Crippen LogP contribution in [-0.2, 0) is 23.1 Å². The first-order chi connectivity index (χ1) is 10.5. The van der Waals surface area contributed by atoms with Crippen molar-refractivity contribution in [1.82, 2.24) is 10.6 Å². The number of nitrogens with two attached hydrogens (primary N) is 1. The quantitative estimate of drug-likeness (QED) is 0.356. The Morgan fingerprint density at radius 2 is 1.74 bits per heavy atom. The van der Waals surface area contributed by atoms with Crippen LogP contribution in [0.3, 0.4) is 0 Å². The Kier molecular flexibility index (Phi) is 7.95. The van der Waals surface area contributed by atoms with Crippen molar-refractivity contribution >= 4 is 51.3 Å². The monoisotopic (exact) mass is 466 g/mol. The molecule has 0 saturated heterocycles. The molecule has 0 aliphatic heterocycles. The van der Waals surface area contributed by atoms with Crippen LogP contribution in [0.4, 0.5) is 0 Å². The van der Waals surface area contributed by atoms with E-state index in [1.807, 2.05) is 5.38 Å². The second kappa shape index (κ2) is 9.21. The molecule has 2 rings (SSSR count). The predicted octanol–water partition coefficient (Wildman–Crippen LogP) is 1.88. The lowest BCUT2D eigenvalue weighted by Crippen LogP contribution is -2.36. The third-order valence-electron chi connectivity index (χ3n) is 2.98. The van der Waals surface area contributed by atoms with E-state index in [4.69, 9.17) is 5.14 Å². The van der Waals surface area contributed by atoms with E-state index < -0.39 is 10.0 Å². The summed E-state index contributed by atoms with van der Waals surface area (Å²) < 4.78 is 22.4. The van der Waals surface area contributed by atoms with E-state index in [2.05, 4.69) is 27.1 Å². The average Bonchev–Trinajstić information content (AvgIpc) is 3.00. The normalized spacial score (nSPS) is 11.7. The van der Waals surface area contributed by atoms with Crippen molar-refractivity contribution in [2.24, 2.45) is 10.1 Å². The van der Waals surface area contributed by atoms with Gasteiger partial charge in [-0.1, -0.05) is 12.1 Å². The highest BCUT2D eigenvalue weighted by Crippen LogP contribution is 2.08. The molecule has 2 aromatic rings. The summed E-state index contributed by atoms with van der Waals surface area (Å²) in [5.74, 6) is 0.682. The lowest BCUT2D eigenvalue weighted by molar-refractivity contribution is 0.597. The van der Waals surface area contributed by atoms with Gasteiger partial charge in [0.25, 0.3) is 0 Å². The van der Waals surface area contributed by atoms with Gasteiger partial charge in [0.2, 0.25) is 10.0 Å². The first-order valence-corrected chi connectivity index (χ1v) is 9.05. The number of sulfonamides is 1. The standard InChI is InChI=1S/C14H18N4O2S2.HI/c1-16-14(18-9-12-6-7-21-10-12)17-8-11-2-4-13(5-3-11)22(15,19)20;/h2-7,10H,8-9H2,1H3,(H2,15,19,20)(H2,16,17,18);1H. The zero-order valence-corrected chi connectivity index (χ0v) is 16.5. The Bertz CT molecular complexity index is 729. The molecule has 0 unspecified atom stereocenters. The van der Waals surface area contributed by atoms with Gasteiger partial charge in [0.15, 0.2) is 5.96 Å². The lowest BCUT2D eigenvalue weighted by Gasteiger charge is -2.11. The molecule has 126 valence electrons. The van der Waals surface area contributed by atoms with E-state index in [0.717, 1.165) is 5.56 Å². The molecule has 6 nitrogen and oxygen atoms in total. The molecule has 0 aliphatic carbocycles. The van der Waals surface area contributed by atoms with Gasteiger partial charge in [0.1, 0.15) is 0 Å². The summed E-state index contributed by atoms with van der Waals surface area (Å²) in [5.41, 5.74) is 2.14. The Hall–Kier alpha value is -1.17. The molecular formula is C14H19IN4O2S2. The first kappa shape index (κ1) is 19.9. The van der Waals surface area contributed by atoms with Gasteiger partial charge in [-0.2, -0.15) is 11.3 Å². The number of nitrogens with one attached hydrogen (secondary N) is 2. The summed E-state index contributed by atoms with van der Waals surface area (Å²) >= 11 is 1.65. The number of primary sulfonamides is 1. The van der Waals surface area contributed by atoms with Gasteiger partial charge in [-0.3, -0.25) is 4.99 Å². The number of thiophene rings is 1. The first-order valence-electron chi connectivity index (χ1n) is 6.56. The van der Waals surface area contributed by atoms with Crippen molar-refractivity contribution in [3.05, 3.63) is 52.2 Å². The molecule has 0 atom stereocenters. The SMILES string of the molecule is CN=C(NCc1ccc(S(N)(=O)=O)cc1)NCc1ccsc1.I. The maximum atomic E-state index is 11.2. The summed E-state index contributed by atoms with van der Waals surface area (Å²) in [6.45, 7) is 1.24. The molecule has 0 aliphatic rings. The zero-order chi connectivity index (χ0) is 16.0. The maximum absolute atomic E-state index is 11.2. The van der Waals surface area contributed by atoms with Crippen LogP contribution in [0.15, 0.2) is 51.0 Å². The van der Waals surface area contributed by atoms with Gasteiger partial charge in [0.05, 0.1) is 4.90 Å². The topological polar surface area (TPSA) is 96.6 Å². The van der Waals surface area contributed by atoms with Crippen LogP contribution >= 0.6 is 35.3 Å². The Labute approximate surface area is 157 Å². The number of hydrogen-bond donors (Lipinski definition) is 3. The van der Waals surface area contributed by atoms with Crippen LogP contribution in [0.2, 0.25) is 0 Å².